The average Bonchev–Trinajstić information content (AvgIpc) is 2.60. The van der Waals surface area contributed by atoms with Gasteiger partial charge >= 0.3 is 0 Å². The molecule has 24 heavy (non-hydrogen) atoms. The van der Waals surface area contributed by atoms with Crippen molar-refractivity contribution in [3.05, 3.63) is 76.8 Å². The number of hydrogen-bond donors (Lipinski definition) is 0. The summed E-state index contributed by atoms with van der Waals surface area (Å²) in [6, 6.07) is 19.4. The number of hydrogen-bond acceptors (Lipinski definition) is 2. The van der Waals surface area contributed by atoms with E-state index in [0.29, 0.717) is 6.04 Å². The molecule has 122 valence electrons. The van der Waals surface area contributed by atoms with E-state index in [1.807, 2.05) is 18.2 Å². The van der Waals surface area contributed by atoms with Gasteiger partial charge in [0.1, 0.15) is 0 Å². The lowest BCUT2D eigenvalue weighted by Gasteiger charge is -2.36. The highest BCUT2D eigenvalue weighted by Gasteiger charge is 2.26. The molecule has 0 bridgehead atoms. The van der Waals surface area contributed by atoms with Crippen molar-refractivity contribution in [3.63, 3.8) is 0 Å². The zero-order chi connectivity index (χ0) is 16.8. The minimum atomic E-state index is 0.341. The molecule has 0 saturated heterocycles. The number of fused-ring (bicyclic) bond motifs is 1. The van der Waals surface area contributed by atoms with E-state index >= 15 is 0 Å². The number of benzene rings is 2. The van der Waals surface area contributed by atoms with E-state index in [-0.39, 0.29) is 0 Å². The lowest BCUT2D eigenvalue weighted by Crippen LogP contribution is -2.36. The maximum absolute atomic E-state index is 4.01. The first-order valence-corrected chi connectivity index (χ1v) is 9.70. The zero-order valence-corrected chi connectivity index (χ0v) is 15.9. The fraction of sp³-hybridized carbons (Fsp3) is 0.238. The van der Waals surface area contributed by atoms with E-state index in [1.54, 1.807) is 11.8 Å². The number of halogens is 1. The van der Waals surface area contributed by atoms with Gasteiger partial charge in [0, 0.05) is 34.9 Å². The first-order chi connectivity index (χ1) is 11.7. The number of nitrogens with zero attached hydrogens (tertiary/aromatic N) is 1. The molecule has 0 fully saturated rings. The van der Waals surface area contributed by atoms with Gasteiger partial charge in [0.25, 0.3) is 0 Å². The molecule has 1 heterocycles. The summed E-state index contributed by atoms with van der Waals surface area (Å²) in [5.74, 6) is 3.37. The minimum Gasteiger partial charge on any atom is -0.290 e. The summed E-state index contributed by atoms with van der Waals surface area (Å²) in [4.78, 5) is 3.67. The van der Waals surface area contributed by atoms with Gasteiger partial charge in [-0.2, -0.15) is 0 Å². The summed E-state index contributed by atoms with van der Waals surface area (Å²) < 4.78 is 1.03. The second-order valence-corrected chi connectivity index (χ2v) is 7.85. The second kappa shape index (κ2) is 8.58. The third kappa shape index (κ3) is 4.54. The first-order valence-electron chi connectivity index (χ1n) is 8.09. The van der Waals surface area contributed by atoms with Gasteiger partial charge < -0.3 is 0 Å². The van der Waals surface area contributed by atoms with Crippen LogP contribution in [0, 0.1) is 11.2 Å². The molecular formula is C21H20BrNS. The van der Waals surface area contributed by atoms with E-state index < -0.39 is 0 Å². The van der Waals surface area contributed by atoms with Crippen molar-refractivity contribution in [3.8, 4) is 11.2 Å². The SMILES string of the molecule is C=C(Br)CN1CCc2ccccc2C1CC#CSc1ccccc1. The molecule has 1 atom stereocenters. The summed E-state index contributed by atoms with van der Waals surface area (Å²) in [6.07, 6.45) is 1.94. The fourth-order valence-corrected chi connectivity index (χ4v) is 3.96. The summed E-state index contributed by atoms with van der Waals surface area (Å²) in [7, 11) is 0. The fourth-order valence-electron chi connectivity index (χ4n) is 3.07. The van der Waals surface area contributed by atoms with Crippen molar-refractivity contribution in [2.45, 2.75) is 23.8 Å². The number of thioether (sulfide) groups is 1. The van der Waals surface area contributed by atoms with Crippen LogP contribution in [-0.2, 0) is 6.42 Å². The normalized spacial score (nSPS) is 16.8. The van der Waals surface area contributed by atoms with Gasteiger partial charge in [-0.15, -0.1) is 0 Å². The van der Waals surface area contributed by atoms with Crippen molar-refractivity contribution in [1.29, 1.82) is 0 Å². The molecule has 1 aliphatic rings. The zero-order valence-electron chi connectivity index (χ0n) is 13.5. The van der Waals surface area contributed by atoms with Gasteiger partial charge in [-0.05, 0) is 46.7 Å². The highest BCUT2D eigenvalue weighted by molar-refractivity contribution is 9.11. The molecule has 0 aromatic heterocycles. The molecule has 0 saturated carbocycles. The molecule has 3 rings (SSSR count). The van der Waals surface area contributed by atoms with Crippen LogP contribution in [0.1, 0.15) is 23.6 Å². The Morgan fingerprint density at radius 3 is 2.71 bits per heavy atom. The van der Waals surface area contributed by atoms with Crippen molar-refractivity contribution < 1.29 is 0 Å². The van der Waals surface area contributed by atoms with Crippen LogP contribution in [0.25, 0.3) is 0 Å². The lowest BCUT2D eigenvalue weighted by molar-refractivity contribution is 0.208. The Kier molecular flexibility index (Phi) is 6.20. The quantitative estimate of drug-likeness (QED) is 0.485. The van der Waals surface area contributed by atoms with E-state index in [4.69, 9.17) is 0 Å². The Morgan fingerprint density at radius 2 is 1.92 bits per heavy atom. The van der Waals surface area contributed by atoms with Crippen LogP contribution in [0.2, 0.25) is 0 Å². The van der Waals surface area contributed by atoms with Crippen LogP contribution in [0.15, 0.2) is 70.6 Å². The highest BCUT2D eigenvalue weighted by atomic mass is 79.9. The molecule has 2 aromatic rings. The first kappa shape index (κ1) is 17.4. The van der Waals surface area contributed by atoms with E-state index in [2.05, 4.69) is 75.0 Å². The minimum absolute atomic E-state index is 0.341. The molecule has 2 aromatic carbocycles. The van der Waals surface area contributed by atoms with E-state index in [9.17, 15) is 0 Å². The molecule has 0 N–H and O–H groups in total. The van der Waals surface area contributed by atoms with Gasteiger partial charge in [-0.1, -0.05) is 70.9 Å². The van der Waals surface area contributed by atoms with Gasteiger partial charge in [-0.3, -0.25) is 4.90 Å². The summed E-state index contributed by atoms with van der Waals surface area (Å²) >= 11 is 5.11. The predicted molar refractivity (Wildman–Crippen MR) is 107 cm³/mol. The summed E-state index contributed by atoms with van der Waals surface area (Å²) in [5, 5.41) is 3.26. The molecule has 0 amide bonds. The van der Waals surface area contributed by atoms with E-state index in [0.717, 1.165) is 30.4 Å². The van der Waals surface area contributed by atoms with Crippen molar-refractivity contribution in [1.82, 2.24) is 4.90 Å². The molecule has 0 aliphatic carbocycles. The molecular weight excluding hydrogens is 378 g/mol. The maximum Gasteiger partial charge on any atom is 0.0464 e. The standard InChI is InChI=1S/C21H20BrNS/c1-17(22)16-23-14-13-18-8-5-6-11-20(18)21(23)12-7-15-24-19-9-3-2-4-10-19/h2-6,8-11,21H,1,12-14,16H2. The van der Waals surface area contributed by atoms with Crippen molar-refractivity contribution in [2.24, 2.45) is 0 Å². The maximum atomic E-state index is 4.01. The Bertz CT molecular complexity index is 760. The Labute approximate surface area is 157 Å². The topological polar surface area (TPSA) is 3.24 Å². The Balaban J connectivity index is 1.74. The summed E-state index contributed by atoms with van der Waals surface area (Å²) in [6.45, 7) is 5.93. The molecule has 0 spiro atoms. The van der Waals surface area contributed by atoms with Crippen LogP contribution in [0.5, 0.6) is 0 Å². The Hall–Kier alpha value is -1.47. The van der Waals surface area contributed by atoms with Gasteiger partial charge in [0.05, 0.1) is 0 Å². The van der Waals surface area contributed by atoms with Crippen LogP contribution in [0.3, 0.4) is 0 Å². The Morgan fingerprint density at radius 1 is 1.17 bits per heavy atom. The van der Waals surface area contributed by atoms with Gasteiger partial charge in [-0.25, -0.2) is 0 Å². The summed E-state index contributed by atoms with van der Waals surface area (Å²) in [5.41, 5.74) is 2.87. The smallest absolute Gasteiger partial charge is 0.0464 e. The highest BCUT2D eigenvalue weighted by Crippen LogP contribution is 2.32. The van der Waals surface area contributed by atoms with Crippen LogP contribution in [-0.4, -0.2) is 18.0 Å². The monoisotopic (exact) mass is 397 g/mol. The third-order valence-corrected chi connectivity index (χ3v) is 5.18. The molecule has 1 unspecified atom stereocenters. The lowest BCUT2D eigenvalue weighted by atomic mass is 9.91. The second-order valence-electron chi connectivity index (χ2n) is 5.85. The predicted octanol–water partition coefficient (Wildman–Crippen LogP) is 5.64. The van der Waals surface area contributed by atoms with Gasteiger partial charge in [0.2, 0.25) is 0 Å². The number of rotatable bonds is 4. The van der Waals surface area contributed by atoms with E-state index in [1.165, 1.54) is 16.0 Å². The van der Waals surface area contributed by atoms with Crippen LogP contribution < -0.4 is 0 Å². The van der Waals surface area contributed by atoms with Crippen LogP contribution in [0.4, 0.5) is 0 Å². The van der Waals surface area contributed by atoms with Crippen molar-refractivity contribution in [2.75, 3.05) is 13.1 Å². The molecule has 1 aliphatic heterocycles. The third-order valence-electron chi connectivity index (χ3n) is 4.18. The van der Waals surface area contributed by atoms with Crippen LogP contribution >= 0.6 is 27.7 Å². The van der Waals surface area contributed by atoms with Gasteiger partial charge in [0.15, 0.2) is 0 Å². The molecule has 1 nitrogen and oxygen atoms in total. The average molecular weight is 398 g/mol. The molecule has 3 heteroatoms. The largest absolute Gasteiger partial charge is 0.290 e. The van der Waals surface area contributed by atoms with Crippen molar-refractivity contribution >= 4 is 27.7 Å². The molecule has 0 radical (unpaired) electrons.